The van der Waals surface area contributed by atoms with Crippen LogP contribution in [-0.4, -0.2) is 35.6 Å². The van der Waals surface area contributed by atoms with Crippen LogP contribution in [0.5, 0.6) is 0 Å². The summed E-state index contributed by atoms with van der Waals surface area (Å²) in [5.74, 6) is 0.749. The van der Waals surface area contributed by atoms with Crippen molar-refractivity contribution in [3.05, 3.63) is 35.9 Å². The number of nitrogens with zero attached hydrogens (tertiary/aromatic N) is 1. The second-order valence-corrected chi connectivity index (χ2v) is 4.61. The number of rotatable bonds is 9. The van der Waals surface area contributed by atoms with Gasteiger partial charge >= 0.3 is 0 Å². The lowest BCUT2D eigenvalue weighted by molar-refractivity contribution is 0.187. The van der Waals surface area contributed by atoms with Gasteiger partial charge in [0.05, 0.1) is 6.61 Å². The van der Waals surface area contributed by atoms with E-state index in [0.717, 1.165) is 38.4 Å². The van der Waals surface area contributed by atoms with E-state index in [-0.39, 0.29) is 6.61 Å². The first kappa shape index (κ1) is 14.5. The zero-order valence-corrected chi connectivity index (χ0v) is 11.1. The number of aliphatic hydroxyl groups is 1. The van der Waals surface area contributed by atoms with Gasteiger partial charge < -0.3 is 5.11 Å². The van der Waals surface area contributed by atoms with Gasteiger partial charge in [-0.15, -0.1) is 11.6 Å². The maximum Gasteiger partial charge on any atom is 0.0558 e. The van der Waals surface area contributed by atoms with Gasteiger partial charge in [-0.1, -0.05) is 36.8 Å². The molecule has 0 saturated heterocycles. The van der Waals surface area contributed by atoms with Gasteiger partial charge in [-0.2, -0.15) is 0 Å². The van der Waals surface area contributed by atoms with Gasteiger partial charge in [0.15, 0.2) is 0 Å². The molecular weight excluding hydrogens is 234 g/mol. The molecule has 17 heavy (non-hydrogen) atoms. The van der Waals surface area contributed by atoms with Crippen molar-refractivity contribution in [3.8, 4) is 0 Å². The van der Waals surface area contributed by atoms with Crippen molar-refractivity contribution in [1.82, 2.24) is 4.90 Å². The Bertz CT molecular complexity index is 279. The summed E-state index contributed by atoms with van der Waals surface area (Å²) < 4.78 is 0. The molecular formula is C14H22ClNO. The normalized spacial score (nSPS) is 11.0. The third kappa shape index (κ3) is 6.67. The van der Waals surface area contributed by atoms with Crippen LogP contribution in [0.15, 0.2) is 30.3 Å². The summed E-state index contributed by atoms with van der Waals surface area (Å²) in [7, 11) is 0. The standard InChI is InChI=1S/C14H22ClNO/c15-9-5-2-6-10-16(11-12-17)13-14-7-3-1-4-8-14/h1,3-4,7-8,17H,2,5-6,9-13H2. The second-order valence-electron chi connectivity index (χ2n) is 4.23. The number of unbranched alkanes of at least 4 members (excludes halogenated alkanes) is 2. The third-order valence-electron chi connectivity index (χ3n) is 2.77. The minimum absolute atomic E-state index is 0.225. The van der Waals surface area contributed by atoms with Crippen LogP contribution >= 0.6 is 11.6 Å². The molecule has 0 aliphatic heterocycles. The topological polar surface area (TPSA) is 23.5 Å². The van der Waals surface area contributed by atoms with Crippen molar-refractivity contribution < 1.29 is 5.11 Å². The Hall–Kier alpha value is -0.570. The van der Waals surface area contributed by atoms with Crippen LogP contribution in [0.1, 0.15) is 24.8 Å². The van der Waals surface area contributed by atoms with Crippen molar-refractivity contribution in [1.29, 1.82) is 0 Å². The Morgan fingerprint density at radius 2 is 1.76 bits per heavy atom. The lowest BCUT2D eigenvalue weighted by Crippen LogP contribution is -2.27. The smallest absolute Gasteiger partial charge is 0.0558 e. The van der Waals surface area contributed by atoms with Crippen LogP contribution in [0.25, 0.3) is 0 Å². The molecule has 2 nitrogen and oxygen atoms in total. The molecule has 3 heteroatoms. The molecule has 0 aliphatic rings. The fourth-order valence-electron chi connectivity index (χ4n) is 1.86. The monoisotopic (exact) mass is 255 g/mol. The summed E-state index contributed by atoms with van der Waals surface area (Å²) in [5, 5.41) is 9.05. The number of benzene rings is 1. The van der Waals surface area contributed by atoms with Gasteiger partial charge in [0, 0.05) is 19.0 Å². The van der Waals surface area contributed by atoms with Crippen LogP contribution in [0.4, 0.5) is 0 Å². The highest BCUT2D eigenvalue weighted by molar-refractivity contribution is 6.17. The Morgan fingerprint density at radius 1 is 1.00 bits per heavy atom. The van der Waals surface area contributed by atoms with E-state index in [0.29, 0.717) is 0 Å². The first-order chi connectivity index (χ1) is 8.36. The van der Waals surface area contributed by atoms with Crippen LogP contribution in [0, 0.1) is 0 Å². The average Bonchev–Trinajstić information content (AvgIpc) is 2.36. The van der Waals surface area contributed by atoms with Crippen molar-refractivity contribution in [2.24, 2.45) is 0 Å². The summed E-state index contributed by atoms with van der Waals surface area (Å²) in [6.45, 7) is 2.92. The van der Waals surface area contributed by atoms with E-state index in [1.165, 1.54) is 12.0 Å². The molecule has 0 bridgehead atoms. The van der Waals surface area contributed by atoms with Gasteiger partial charge in [-0.25, -0.2) is 0 Å². The summed E-state index contributed by atoms with van der Waals surface area (Å²) in [5.41, 5.74) is 1.30. The average molecular weight is 256 g/mol. The highest BCUT2D eigenvalue weighted by Gasteiger charge is 2.04. The van der Waals surface area contributed by atoms with E-state index in [9.17, 15) is 0 Å². The first-order valence-electron chi connectivity index (χ1n) is 6.30. The molecule has 1 N–H and O–H groups in total. The predicted molar refractivity (Wildman–Crippen MR) is 73.4 cm³/mol. The van der Waals surface area contributed by atoms with E-state index in [2.05, 4.69) is 29.2 Å². The predicted octanol–water partition coefficient (Wildman–Crippen LogP) is 2.89. The molecule has 1 aromatic rings. The molecule has 0 fully saturated rings. The van der Waals surface area contributed by atoms with Crippen molar-refractivity contribution >= 4 is 11.6 Å². The number of alkyl halides is 1. The van der Waals surface area contributed by atoms with E-state index in [4.69, 9.17) is 16.7 Å². The maximum absolute atomic E-state index is 9.05. The Balaban J connectivity index is 2.32. The zero-order chi connectivity index (χ0) is 12.3. The summed E-state index contributed by atoms with van der Waals surface area (Å²) in [6.07, 6.45) is 3.40. The zero-order valence-electron chi connectivity index (χ0n) is 10.3. The van der Waals surface area contributed by atoms with E-state index < -0.39 is 0 Å². The van der Waals surface area contributed by atoms with E-state index >= 15 is 0 Å². The Morgan fingerprint density at radius 3 is 2.41 bits per heavy atom. The SMILES string of the molecule is OCCN(CCCCCCl)Cc1ccccc1. The molecule has 0 aliphatic carbocycles. The molecule has 0 heterocycles. The molecule has 1 aromatic carbocycles. The van der Waals surface area contributed by atoms with Crippen molar-refractivity contribution in [2.45, 2.75) is 25.8 Å². The van der Waals surface area contributed by atoms with Crippen LogP contribution in [0.3, 0.4) is 0 Å². The molecule has 0 radical (unpaired) electrons. The van der Waals surface area contributed by atoms with Gasteiger partial charge in [0.25, 0.3) is 0 Å². The molecule has 0 aromatic heterocycles. The molecule has 96 valence electrons. The maximum atomic E-state index is 9.05. The lowest BCUT2D eigenvalue weighted by Gasteiger charge is -2.21. The molecule has 1 rings (SSSR count). The summed E-state index contributed by atoms with van der Waals surface area (Å²) in [6, 6.07) is 10.4. The highest BCUT2D eigenvalue weighted by Crippen LogP contribution is 2.06. The lowest BCUT2D eigenvalue weighted by atomic mass is 10.2. The van der Waals surface area contributed by atoms with Crippen LogP contribution in [0.2, 0.25) is 0 Å². The van der Waals surface area contributed by atoms with Crippen molar-refractivity contribution in [3.63, 3.8) is 0 Å². The Kier molecular flexibility index (Phi) is 8.06. The number of hydrogen-bond acceptors (Lipinski definition) is 2. The summed E-state index contributed by atoms with van der Waals surface area (Å²) in [4.78, 5) is 2.30. The number of hydrogen-bond donors (Lipinski definition) is 1. The van der Waals surface area contributed by atoms with Gasteiger partial charge in [0.1, 0.15) is 0 Å². The number of aliphatic hydroxyl groups excluding tert-OH is 1. The molecule has 0 amide bonds. The second kappa shape index (κ2) is 9.46. The van der Waals surface area contributed by atoms with Gasteiger partial charge in [0.2, 0.25) is 0 Å². The van der Waals surface area contributed by atoms with Crippen molar-refractivity contribution in [2.75, 3.05) is 25.6 Å². The largest absolute Gasteiger partial charge is 0.395 e. The fourth-order valence-corrected chi connectivity index (χ4v) is 2.05. The Labute approximate surface area is 109 Å². The van der Waals surface area contributed by atoms with Gasteiger partial charge in [-0.05, 0) is 24.9 Å². The highest BCUT2D eigenvalue weighted by atomic mass is 35.5. The molecule has 0 spiro atoms. The van der Waals surface area contributed by atoms with Gasteiger partial charge in [-0.3, -0.25) is 4.90 Å². The van der Waals surface area contributed by atoms with E-state index in [1.54, 1.807) is 0 Å². The number of halogens is 1. The summed E-state index contributed by atoms with van der Waals surface area (Å²) >= 11 is 5.65. The molecule has 0 unspecified atom stereocenters. The molecule has 0 saturated carbocycles. The van der Waals surface area contributed by atoms with E-state index in [1.807, 2.05) is 6.07 Å². The minimum atomic E-state index is 0.225. The van der Waals surface area contributed by atoms with Crippen LogP contribution in [-0.2, 0) is 6.54 Å². The molecule has 0 atom stereocenters. The first-order valence-corrected chi connectivity index (χ1v) is 6.83. The third-order valence-corrected chi connectivity index (χ3v) is 3.04. The minimum Gasteiger partial charge on any atom is -0.395 e. The quantitative estimate of drug-likeness (QED) is 0.542. The fraction of sp³-hybridized carbons (Fsp3) is 0.571. The van der Waals surface area contributed by atoms with Crippen LogP contribution < -0.4 is 0 Å².